The van der Waals surface area contributed by atoms with Crippen LogP contribution in [-0.2, 0) is 35.1 Å². The van der Waals surface area contributed by atoms with Crippen molar-refractivity contribution in [2.24, 2.45) is 17.6 Å². The predicted octanol–water partition coefficient (Wildman–Crippen LogP) is 4.21. The first-order valence-corrected chi connectivity index (χ1v) is 15.7. The molecule has 12 heteroatoms. The molecule has 2 aliphatic rings. The quantitative estimate of drug-likeness (QED) is 0.256. The fourth-order valence-electron chi connectivity index (χ4n) is 5.62. The van der Waals surface area contributed by atoms with Gasteiger partial charge in [0.15, 0.2) is 6.10 Å². The van der Waals surface area contributed by atoms with Crippen molar-refractivity contribution in [3.8, 4) is 0 Å². The molecule has 1 aromatic rings. The summed E-state index contributed by atoms with van der Waals surface area (Å²) in [6.45, 7) is 7.21. The number of carbonyl (C=O) groups excluding carboxylic acids is 4. The van der Waals surface area contributed by atoms with E-state index in [0.29, 0.717) is 17.0 Å². The molecule has 6 atom stereocenters. The lowest BCUT2D eigenvalue weighted by molar-refractivity contribution is -0.120. The van der Waals surface area contributed by atoms with Crippen molar-refractivity contribution < 1.29 is 38.5 Å². The molecule has 0 radical (unpaired) electrons. The van der Waals surface area contributed by atoms with Crippen LogP contribution in [0.1, 0.15) is 46.1 Å². The van der Waals surface area contributed by atoms with Crippen molar-refractivity contribution in [1.29, 1.82) is 0 Å². The van der Waals surface area contributed by atoms with Gasteiger partial charge in [0, 0.05) is 48.9 Å². The first kappa shape index (κ1) is 37.4. The second-order valence-corrected chi connectivity index (χ2v) is 12.4. The monoisotopic (exact) mass is 669 g/mol. The van der Waals surface area contributed by atoms with Gasteiger partial charge < -0.3 is 35.7 Å². The zero-order chi connectivity index (χ0) is 34.8. The van der Waals surface area contributed by atoms with E-state index in [4.69, 9.17) is 31.5 Å². The lowest BCUT2D eigenvalue weighted by Crippen LogP contribution is -2.37. The Balaban J connectivity index is 2.06. The van der Waals surface area contributed by atoms with Crippen molar-refractivity contribution in [3.63, 3.8) is 0 Å². The number of carbonyl (C=O) groups is 4. The number of amides is 2. The number of aliphatic hydroxyl groups excluding tert-OH is 1. The molecule has 1 aliphatic heterocycles. The molecule has 0 saturated carbocycles. The number of fused-ring (bicyclic) bond motifs is 2. The number of benzene rings is 1. The maximum atomic E-state index is 13.9. The summed E-state index contributed by atoms with van der Waals surface area (Å²) >= 11 is 6.14. The van der Waals surface area contributed by atoms with Gasteiger partial charge in [-0.2, -0.15) is 0 Å². The number of hydrogen-bond acceptors (Lipinski definition) is 9. The van der Waals surface area contributed by atoms with Crippen LogP contribution in [0.4, 0.5) is 4.79 Å². The minimum atomic E-state index is -1.01. The Labute approximate surface area is 280 Å². The molecule has 5 N–H and O–H groups in total. The molecule has 254 valence electrons. The second-order valence-electron chi connectivity index (χ2n) is 11.9. The van der Waals surface area contributed by atoms with Crippen LogP contribution in [0, 0.1) is 11.8 Å². The fourth-order valence-corrected chi connectivity index (χ4v) is 5.83. The summed E-state index contributed by atoms with van der Waals surface area (Å²) < 4.78 is 16.7. The van der Waals surface area contributed by atoms with E-state index in [0.717, 1.165) is 11.6 Å². The molecule has 47 heavy (non-hydrogen) atoms. The van der Waals surface area contributed by atoms with E-state index < -0.39 is 53.9 Å². The summed E-state index contributed by atoms with van der Waals surface area (Å²) in [5.41, 5.74) is 7.19. The highest BCUT2D eigenvalue weighted by Crippen LogP contribution is 2.29. The lowest BCUT2D eigenvalue weighted by atomic mass is 9.85. The number of nitrogens with two attached hydrogens (primary N) is 1. The first-order chi connectivity index (χ1) is 22.2. The second kappa shape index (κ2) is 17.2. The highest BCUT2D eigenvalue weighted by atomic mass is 35.5. The largest absolute Gasteiger partial charge is 0.439 e. The Morgan fingerprint density at radius 3 is 2.51 bits per heavy atom. The standard InChI is InChI=1S/C35H44ClN3O8/c1-19-13-25-30(38-18-23-10-8-11-24(36)16-23)27(40)17-26(32(25)42)39-34(43)20(2)9-7-12-28(45-5)33(47-35(37)44)22(4)15-21(3)31(41)29(14-19)46-6/h7-12,15-17,19,21,28-29,31,33,38,41H,13-14,18H2,1-6H3,(H2,37,44)(H,39,43)/b12-7-,20-9+,22-15+/t19-,21+,28+,29+,31-,33+/m1/s1. The van der Waals surface area contributed by atoms with Gasteiger partial charge in [-0.1, -0.05) is 61.9 Å². The molecule has 0 aromatic heterocycles. The van der Waals surface area contributed by atoms with Gasteiger partial charge in [-0.3, -0.25) is 14.4 Å². The van der Waals surface area contributed by atoms with E-state index in [9.17, 15) is 24.3 Å². The number of primary amides is 1. The summed E-state index contributed by atoms with van der Waals surface area (Å²) in [5.74, 6) is -2.24. The first-order valence-electron chi connectivity index (χ1n) is 15.3. The van der Waals surface area contributed by atoms with Crippen LogP contribution in [-0.4, -0.2) is 67.3 Å². The minimum absolute atomic E-state index is 0.133. The zero-order valence-corrected chi connectivity index (χ0v) is 28.3. The molecule has 3 rings (SSSR count). The van der Waals surface area contributed by atoms with Gasteiger partial charge in [0.2, 0.25) is 11.6 Å². The van der Waals surface area contributed by atoms with Crippen LogP contribution in [0.3, 0.4) is 0 Å². The number of halogens is 1. The molecule has 1 heterocycles. The highest BCUT2D eigenvalue weighted by molar-refractivity contribution is 6.30. The highest BCUT2D eigenvalue weighted by Gasteiger charge is 2.33. The average molecular weight is 670 g/mol. The molecule has 0 spiro atoms. The van der Waals surface area contributed by atoms with Crippen molar-refractivity contribution in [2.75, 3.05) is 14.2 Å². The number of hydrogen-bond donors (Lipinski definition) is 4. The number of aliphatic hydroxyl groups is 1. The normalized spacial score (nSPS) is 29.5. The van der Waals surface area contributed by atoms with Crippen molar-refractivity contribution >= 4 is 35.2 Å². The molecule has 1 aromatic carbocycles. The summed E-state index contributed by atoms with van der Waals surface area (Å²) in [4.78, 5) is 52.2. The van der Waals surface area contributed by atoms with E-state index >= 15 is 0 Å². The third-order valence-electron chi connectivity index (χ3n) is 8.15. The summed E-state index contributed by atoms with van der Waals surface area (Å²) in [5, 5.41) is 17.6. The molecular weight excluding hydrogens is 626 g/mol. The van der Waals surface area contributed by atoms with E-state index in [1.807, 2.05) is 13.0 Å². The van der Waals surface area contributed by atoms with Gasteiger partial charge in [0.1, 0.15) is 6.10 Å². The molecule has 1 aliphatic carbocycles. The van der Waals surface area contributed by atoms with Crippen molar-refractivity contribution in [1.82, 2.24) is 10.6 Å². The smallest absolute Gasteiger partial charge is 0.405 e. The molecule has 0 unspecified atom stereocenters. The van der Waals surface area contributed by atoms with Crippen LogP contribution < -0.4 is 16.4 Å². The van der Waals surface area contributed by atoms with Gasteiger partial charge in [-0.25, -0.2) is 4.79 Å². The number of ether oxygens (including phenoxy) is 3. The maximum absolute atomic E-state index is 13.9. The predicted molar refractivity (Wildman–Crippen MR) is 178 cm³/mol. The number of nitrogens with one attached hydrogen (secondary N) is 2. The summed E-state index contributed by atoms with van der Waals surface area (Å²) in [6, 6.07) is 7.13. The van der Waals surface area contributed by atoms with Gasteiger partial charge in [-0.05, 0) is 55.9 Å². The minimum Gasteiger partial charge on any atom is -0.439 e. The summed E-state index contributed by atoms with van der Waals surface area (Å²) in [6.07, 6.45) is 3.65. The van der Waals surface area contributed by atoms with Crippen LogP contribution >= 0.6 is 11.6 Å². The molecule has 11 nitrogen and oxygen atoms in total. The SMILES string of the molecule is CO[C@H]1/C=C\C=C(/C)C(=O)NC2=CC(=O)C(NCc3cccc(Cl)c3)=C(C[C@@H](C)C[C@H](OC)[C@H](O)[C@@H](C)/C=C(\C)[C@@H]1OC(N)=O)C2=O. The number of Topliss-reactive ketones (excluding diaryl/α,β-unsaturated/α-hetero) is 1. The number of ketones is 2. The van der Waals surface area contributed by atoms with E-state index in [1.165, 1.54) is 20.3 Å². The zero-order valence-electron chi connectivity index (χ0n) is 27.5. The van der Waals surface area contributed by atoms with E-state index in [2.05, 4.69) is 10.6 Å². The third kappa shape index (κ3) is 10.2. The number of methoxy groups -OCH3 is 2. The van der Waals surface area contributed by atoms with Gasteiger partial charge in [0.05, 0.1) is 23.6 Å². The van der Waals surface area contributed by atoms with E-state index in [1.54, 1.807) is 57.2 Å². The van der Waals surface area contributed by atoms with Crippen LogP contribution in [0.2, 0.25) is 5.02 Å². The van der Waals surface area contributed by atoms with Crippen LogP contribution in [0.25, 0.3) is 0 Å². The Bertz CT molecular complexity index is 1510. The Kier molecular flexibility index (Phi) is 13.7. The average Bonchev–Trinajstić information content (AvgIpc) is 3.01. The molecular formula is C35H44ClN3O8. The number of allylic oxidation sites excluding steroid dienone is 4. The Morgan fingerprint density at radius 2 is 1.87 bits per heavy atom. The molecule has 0 saturated heterocycles. The van der Waals surface area contributed by atoms with Crippen LogP contribution in [0.15, 0.2) is 82.8 Å². The van der Waals surface area contributed by atoms with E-state index in [-0.39, 0.29) is 41.4 Å². The topological polar surface area (TPSA) is 166 Å². The van der Waals surface area contributed by atoms with Gasteiger partial charge in [0.25, 0.3) is 5.91 Å². The fraction of sp³-hybridized carbons (Fsp3) is 0.429. The lowest BCUT2D eigenvalue weighted by Gasteiger charge is -2.30. The molecule has 2 bridgehead atoms. The Hall–Kier alpha value is -4.03. The Morgan fingerprint density at radius 1 is 1.15 bits per heavy atom. The molecule has 2 amide bonds. The molecule has 0 fully saturated rings. The summed E-state index contributed by atoms with van der Waals surface area (Å²) in [7, 11) is 2.92. The van der Waals surface area contributed by atoms with Crippen LogP contribution in [0.5, 0.6) is 0 Å². The van der Waals surface area contributed by atoms with Crippen molar-refractivity contribution in [3.05, 3.63) is 93.3 Å². The van der Waals surface area contributed by atoms with Gasteiger partial charge >= 0.3 is 6.09 Å². The maximum Gasteiger partial charge on any atom is 0.405 e. The third-order valence-corrected chi connectivity index (χ3v) is 8.39. The van der Waals surface area contributed by atoms with Crippen molar-refractivity contribution in [2.45, 2.75) is 71.5 Å². The number of rotatable bonds is 6. The van der Waals surface area contributed by atoms with Gasteiger partial charge in [-0.15, -0.1) is 0 Å².